The van der Waals surface area contributed by atoms with Crippen LogP contribution in [-0.4, -0.2) is 23.3 Å². The molecular weight excluding hydrogens is 174 g/mol. The van der Waals surface area contributed by atoms with Crippen LogP contribution in [0.2, 0.25) is 0 Å². The minimum Gasteiger partial charge on any atom is -0.392 e. The summed E-state index contributed by atoms with van der Waals surface area (Å²) in [5.41, 5.74) is 0. The lowest BCUT2D eigenvalue weighted by Gasteiger charge is -2.34. The monoisotopic (exact) mass is 199 g/mol. The van der Waals surface area contributed by atoms with Crippen molar-refractivity contribution < 1.29 is 5.11 Å². The highest BCUT2D eigenvalue weighted by Gasteiger charge is 2.25. The fraction of sp³-hybridized carbons (Fsp3) is 1.00. The molecule has 2 nitrogen and oxygen atoms in total. The van der Waals surface area contributed by atoms with Crippen LogP contribution >= 0.6 is 0 Å². The van der Waals surface area contributed by atoms with E-state index < -0.39 is 0 Å². The Balaban J connectivity index is 2.33. The van der Waals surface area contributed by atoms with Gasteiger partial charge in [0.2, 0.25) is 0 Å². The largest absolute Gasteiger partial charge is 0.392 e. The summed E-state index contributed by atoms with van der Waals surface area (Å²) in [6.07, 6.45) is 3.61. The van der Waals surface area contributed by atoms with E-state index in [0.29, 0.717) is 6.04 Å². The Morgan fingerprint density at radius 1 is 1.14 bits per heavy atom. The second-order valence-electron chi connectivity index (χ2n) is 5.16. The smallest absolute Gasteiger partial charge is 0.0662 e. The van der Waals surface area contributed by atoms with Crippen LogP contribution in [0.5, 0.6) is 0 Å². The summed E-state index contributed by atoms with van der Waals surface area (Å²) < 4.78 is 0. The van der Waals surface area contributed by atoms with Gasteiger partial charge in [0.1, 0.15) is 0 Å². The van der Waals surface area contributed by atoms with Gasteiger partial charge in [-0.2, -0.15) is 0 Å². The van der Waals surface area contributed by atoms with Crippen molar-refractivity contribution in [2.24, 2.45) is 11.8 Å². The maximum absolute atomic E-state index is 9.41. The predicted molar refractivity (Wildman–Crippen MR) is 60.2 cm³/mol. The molecule has 0 saturated heterocycles. The molecule has 0 amide bonds. The summed E-state index contributed by atoms with van der Waals surface area (Å²) in [7, 11) is 0. The molecular formula is C12H25NO. The van der Waals surface area contributed by atoms with E-state index in [0.717, 1.165) is 11.8 Å². The summed E-state index contributed by atoms with van der Waals surface area (Å²) >= 11 is 0. The second kappa shape index (κ2) is 5.13. The summed E-state index contributed by atoms with van der Waals surface area (Å²) in [5.74, 6) is 1.69. The highest BCUT2D eigenvalue weighted by atomic mass is 16.3. The Kier molecular flexibility index (Phi) is 4.39. The van der Waals surface area contributed by atoms with Gasteiger partial charge in [0.25, 0.3) is 0 Å². The quantitative estimate of drug-likeness (QED) is 0.730. The summed E-state index contributed by atoms with van der Waals surface area (Å²) in [6.45, 7) is 8.60. The molecule has 1 aliphatic carbocycles. The normalized spacial score (nSPS) is 37.9. The standard InChI is InChI=1S/C12H25NO/c1-8-5-6-12(7-9(8)2)13-10(3)11(4)14/h8-14H,5-7H2,1-4H3. The van der Waals surface area contributed by atoms with E-state index in [1.165, 1.54) is 19.3 Å². The van der Waals surface area contributed by atoms with Gasteiger partial charge in [-0.1, -0.05) is 13.8 Å². The van der Waals surface area contributed by atoms with Crippen molar-refractivity contribution in [1.82, 2.24) is 5.32 Å². The number of nitrogens with one attached hydrogen (secondary N) is 1. The Hall–Kier alpha value is -0.0800. The van der Waals surface area contributed by atoms with Crippen LogP contribution in [-0.2, 0) is 0 Å². The molecule has 0 radical (unpaired) electrons. The van der Waals surface area contributed by atoms with Crippen LogP contribution in [0.4, 0.5) is 0 Å². The molecule has 1 saturated carbocycles. The summed E-state index contributed by atoms with van der Waals surface area (Å²) in [5, 5.41) is 12.9. The molecule has 0 aliphatic heterocycles. The molecule has 14 heavy (non-hydrogen) atoms. The number of aliphatic hydroxyl groups is 1. The molecule has 0 aromatic heterocycles. The molecule has 5 unspecified atom stereocenters. The van der Waals surface area contributed by atoms with Crippen molar-refractivity contribution >= 4 is 0 Å². The van der Waals surface area contributed by atoms with E-state index >= 15 is 0 Å². The first-order valence-corrected chi connectivity index (χ1v) is 5.94. The Bertz CT molecular complexity index is 170. The molecule has 5 atom stereocenters. The van der Waals surface area contributed by atoms with Crippen molar-refractivity contribution in [2.75, 3.05) is 0 Å². The average molecular weight is 199 g/mol. The van der Waals surface area contributed by atoms with Gasteiger partial charge >= 0.3 is 0 Å². The molecule has 1 rings (SSSR count). The molecule has 1 fully saturated rings. The Morgan fingerprint density at radius 2 is 1.79 bits per heavy atom. The van der Waals surface area contributed by atoms with Crippen molar-refractivity contribution in [3.8, 4) is 0 Å². The maximum atomic E-state index is 9.41. The van der Waals surface area contributed by atoms with E-state index in [1.807, 2.05) is 6.92 Å². The van der Waals surface area contributed by atoms with Gasteiger partial charge in [-0.05, 0) is 44.9 Å². The van der Waals surface area contributed by atoms with Gasteiger partial charge in [0.05, 0.1) is 6.10 Å². The third-order valence-electron chi connectivity index (χ3n) is 3.82. The van der Waals surface area contributed by atoms with Crippen molar-refractivity contribution in [1.29, 1.82) is 0 Å². The Morgan fingerprint density at radius 3 is 2.29 bits per heavy atom. The third-order valence-corrected chi connectivity index (χ3v) is 3.82. The lowest BCUT2D eigenvalue weighted by atomic mass is 9.79. The minimum absolute atomic E-state index is 0.223. The molecule has 0 spiro atoms. The van der Waals surface area contributed by atoms with Crippen molar-refractivity contribution in [3.05, 3.63) is 0 Å². The molecule has 0 bridgehead atoms. The number of aliphatic hydroxyl groups excluding tert-OH is 1. The zero-order chi connectivity index (χ0) is 10.7. The molecule has 0 aromatic rings. The summed E-state index contributed by atoms with van der Waals surface area (Å²) in [4.78, 5) is 0. The third kappa shape index (κ3) is 3.25. The molecule has 0 aromatic carbocycles. The first kappa shape index (κ1) is 12.0. The second-order valence-corrected chi connectivity index (χ2v) is 5.16. The van der Waals surface area contributed by atoms with E-state index in [1.54, 1.807) is 0 Å². The highest BCUT2D eigenvalue weighted by Crippen LogP contribution is 2.29. The molecule has 84 valence electrons. The van der Waals surface area contributed by atoms with Gasteiger partial charge in [0.15, 0.2) is 0 Å². The zero-order valence-electron chi connectivity index (χ0n) is 9.96. The van der Waals surface area contributed by atoms with Gasteiger partial charge in [-0.25, -0.2) is 0 Å². The number of rotatable bonds is 3. The predicted octanol–water partition coefficient (Wildman–Crippen LogP) is 2.17. The van der Waals surface area contributed by atoms with Gasteiger partial charge in [-0.15, -0.1) is 0 Å². The minimum atomic E-state index is -0.246. The SMILES string of the molecule is CC(O)C(C)NC1CCC(C)C(C)C1. The van der Waals surface area contributed by atoms with Gasteiger partial charge < -0.3 is 10.4 Å². The van der Waals surface area contributed by atoms with Gasteiger partial charge in [-0.3, -0.25) is 0 Å². The van der Waals surface area contributed by atoms with E-state index in [-0.39, 0.29) is 12.1 Å². The average Bonchev–Trinajstić information content (AvgIpc) is 2.11. The zero-order valence-corrected chi connectivity index (χ0v) is 9.96. The Labute approximate surface area is 88.1 Å². The van der Waals surface area contributed by atoms with Crippen LogP contribution in [0.1, 0.15) is 47.0 Å². The maximum Gasteiger partial charge on any atom is 0.0662 e. The molecule has 2 N–H and O–H groups in total. The molecule has 0 heterocycles. The van der Waals surface area contributed by atoms with Crippen molar-refractivity contribution in [3.63, 3.8) is 0 Å². The van der Waals surface area contributed by atoms with Gasteiger partial charge in [0, 0.05) is 12.1 Å². The number of hydrogen-bond donors (Lipinski definition) is 2. The van der Waals surface area contributed by atoms with Crippen LogP contribution < -0.4 is 5.32 Å². The fourth-order valence-corrected chi connectivity index (χ4v) is 2.21. The van der Waals surface area contributed by atoms with Crippen LogP contribution in [0.25, 0.3) is 0 Å². The van der Waals surface area contributed by atoms with E-state index in [4.69, 9.17) is 0 Å². The topological polar surface area (TPSA) is 32.3 Å². The fourth-order valence-electron chi connectivity index (χ4n) is 2.21. The molecule has 1 aliphatic rings. The van der Waals surface area contributed by atoms with Crippen molar-refractivity contribution in [2.45, 2.75) is 65.1 Å². The number of hydrogen-bond acceptors (Lipinski definition) is 2. The van der Waals surface area contributed by atoms with Crippen LogP contribution in [0, 0.1) is 11.8 Å². The van der Waals surface area contributed by atoms with Crippen LogP contribution in [0.15, 0.2) is 0 Å². The van der Waals surface area contributed by atoms with E-state index in [9.17, 15) is 5.11 Å². The molecule has 2 heteroatoms. The highest BCUT2D eigenvalue weighted by molar-refractivity contribution is 4.82. The van der Waals surface area contributed by atoms with E-state index in [2.05, 4.69) is 26.1 Å². The first-order chi connectivity index (χ1) is 6.50. The summed E-state index contributed by atoms with van der Waals surface area (Å²) in [6, 6.07) is 0.839. The van der Waals surface area contributed by atoms with Crippen LogP contribution in [0.3, 0.4) is 0 Å². The lowest BCUT2D eigenvalue weighted by Crippen LogP contribution is -2.45. The lowest BCUT2D eigenvalue weighted by molar-refractivity contribution is 0.129. The first-order valence-electron chi connectivity index (χ1n) is 5.94.